The molecule has 410 valence electrons. The Kier molecular flexibility index (Phi) is 11.6. The molecule has 0 spiro atoms. The Morgan fingerprint density at radius 3 is 1.49 bits per heavy atom. The summed E-state index contributed by atoms with van der Waals surface area (Å²) in [4.78, 5) is 4.53. The monoisotopic (exact) mass is 1080 g/mol. The van der Waals surface area contributed by atoms with E-state index in [1.54, 1.807) is 18.2 Å². The van der Waals surface area contributed by atoms with Crippen LogP contribution in [0.25, 0.3) is 56.1 Å². The van der Waals surface area contributed by atoms with E-state index in [-0.39, 0.29) is 21.9 Å². The van der Waals surface area contributed by atoms with Crippen molar-refractivity contribution in [1.82, 2.24) is 4.57 Å². The van der Waals surface area contributed by atoms with Crippen molar-refractivity contribution in [3.05, 3.63) is 150 Å². The minimum absolute atomic E-state index is 0.0891. The van der Waals surface area contributed by atoms with Crippen LogP contribution in [0.5, 0.6) is 46.0 Å². The minimum atomic E-state index is -1.16. The predicted molar refractivity (Wildman–Crippen MR) is 321 cm³/mol. The largest absolute Gasteiger partial charge is 0.503 e. The molecule has 2 aliphatic heterocycles. The average Bonchev–Trinajstić information content (AvgIpc) is 3.64. The van der Waals surface area contributed by atoms with Gasteiger partial charge < -0.3 is 55.1 Å². The van der Waals surface area contributed by atoms with Crippen molar-refractivity contribution in [3.8, 4) is 62.8 Å². The number of aryl methyl sites for hydroxylation is 1. The zero-order valence-corrected chi connectivity index (χ0v) is 46.7. The van der Waals surface area contributed by atoms with Crippen LogP contribution in [-0.4, -0.2) is 52.1 Å². The highest BCUT2D eigenvalue weighted by atomic mass is 17.0. The van der Waals surface area contributed by atoms with E-state index in [2.05, 4.69) is 164 Å². The lowest BCUT2D eigenvalue weighted by Gasteiger charge is -2.45. The van der Waals surface area contributed by atoms with Crippen LogP contribution in [0.1, 0.15) is 97.3 Å². The first kappa shape index (κ1) is 52.2. The highest BCUT2D eigenvalue weighted by molar-refractivity contribution is 7.00. The van der Waals surface area contributed by atoms with Crippen molar-refractivity contribution in [2.45, 2.75) is 91.9 Å². The van der Waals surface area contributed by atoms with E-state index in [0.717, 1.165) is 100 Å². The van der Waals surface area contributed by atoms with Gasteiger partial charge in [0.25, 0.3) is 17.9 Å². The van der Waals surface area contributed by atoms with Gasteiger partial charge in [0.15, 0.2) is 11.5 Å². The van der Waals surface area contributed by atoms with Crippen LogP contribution < -0.4 is 26.2 Å². The number of phenolic OH excluding ortho intramolecular Hbond substituents is 8. The fourth-order valence-electron chi connectivity index (χ4n) is 11.7. The van der Waals surface area contributed by atoms with Gasteiger partial charge in [0.05, 0.1) is 0 Å². The summed E-state index contributed by atoms with van der Waals surface area (Å²) in [5.74, 6) is -8.13. The van der Waals surface area contributed by atoms with Crippen LogP contribution in [0, 0.1) is 0 Å². The van der Waals surface area contributed by atoms with Crippen molar-refractivity contribution >= 4 is 96.5 Å². The number of hydrogen-bond donors (Lipinski definition) is 8. The maximum absolute atomic E-state index is 11.9. The van der Waals surface area contributed by atoms with Crippen molar-refractivity contribution in [2.75, 3.05) is 9.80 Å². The van der Waals surface area contributed by atoms with Gasteiger partial charge in [-0.15, -0.1) is 0 Å². The molecule has 12 rings (SSSR count). The third kappa shape index (κ3) is 7.91. The maximum Gasteiger partial charge on any atom is 0.252 e. The Bertz CT molecular complexity index is 4270. The highest BCUT2D eigenvalue weighted by Gasteiger charge is 2.45. The minimum Gasteiger partial charge on any atom is -0.503 e. The van der Waals surface area contributed by atoms with E-state index >= 15 is 0 Å². The van der Waals surface area contributed by atoms with Gasteiger partial charge in [-0.05, 0) is 134 Å². The molecule has 10 aromatic rings. The molecular formula is C66H62BN3O11. The standard InChI is InChI=1S/C66H62BN3O11/c1-12-41-42-25-16-34(28-50(42)79-49(41)13-2)33-14-20-38(21-15-33)69-46-32-40(70-52-54(71)56(73)58(75)60(77)62(52)80-81-63-53(70)55(72)57(74)59(76)61(63)78)24-26-43(46)67-44-29-36(65(6,7)8)19-27-45(44)68(39-22-17-35(18-23-39)64(3,4)5)47-30-37(66(9,10)11)31-48(69)51(47)67/h13-32,71-78H,2,12H2,1,3-11H3. The Morgan fingerprint density at radius 2 is 0.963 bits per heavy atom. The number of fused-ring (bicyclic) bond motifs is 7. The number of anilines is 6. The number of aromatic hydroxyl groups is 8. The first-order valence-electron chi connectivity index (χ1n) is 26.9. The normalized spacial score (nSPS) is 13.2. The summed E-state index contributed by atoms with van der Waals surface area (Å²) in [5.41, 5.74) is 11.8. The molecule has 8 aromatic carbocycles. The molecule has 0 saturated carbocycles. The van der Waals surface area contributed by atoms with Gasteiger partial charge in [-0.25, -0.2) is 0 Å². The molecule has 14 nitrogen and oxygen atoms in total. The van der Waals surface area contributed by atoms with Gasteiger partial charge in [-0.2, -0.15) is 0 Å². The molecule has 0 saturated heterocycles. The topological polar surface area (TPSA) is 213 Å². The number of hydrogen-bond acceptors (Lipinski definition) is 13. The molecule has 0 amide bonds. The first-order chi connectivity index (χ1) is 38.3. The second-order valence-corrected chi connectivity index (χ2v) is 24.3. The first-order valence-corrected chi connectivity index (χ1v) is 26.9. The summed E-state index contributed by atoms with van der Waals surface area (Å²) >= 11 is 0. The SMILES string of the molecule is C=Cc1oc2cc(-c3ccc(N4c5cc(-n6c7c(O)c(O)c(O)c(O)c7ooc7c(O)c(O)c(O)c(O)c76)ccc5B5c6cc(C(C)(C)C)ccc6N(c6ccc(C(C)(C)C)cc6)c6cc(C(C)(C)C)cc4c65)cc3)ccc2c1CC. The van der Waals surface area contributed by atoms with E-state index in [1.807, 2.05) is 24.3 Å². The summed E-state index contributed by atoms with van der Waals surface area (Å²) in [6, 6.07) is 39.8. The van der Waals surface area contributed by atoms with E-state index in [4.69, 9.17) is 13.6 Å². The number of furan rings is 1. The molecule has 8 N–H and O–H groups in total. The fourth-order valence-corrected chi connectivity index (χ4v) is 11.7. The summed E-state index contributed by atoms with van der Waals surface area (Å²) < 4.78 is 18.3. The van der Waals surface area contributed by atoms with Crippen LogP contribution >= 0.6 is 0 Å². The maximum atomic E-state index is 11.9. The van der Waals surface area contributed by atoms with Gasteiger partial charge in [0.2, 0.25) is 34.5 Å². The van der Waals surface area contributed by atoms with Crippen molar-refractivity contribution < 1.29 is 54.4 Å². The number of aromatic nitrogens is 1. The molecule has 0 aliphatic carbocycles. The molecule has 0 bridgehead atoms. The molecule has 0 unspecified atom stereocenters. The second kappa shape index (κ2) is 18.0. The van der Waals surface area contributed by atoms with Crippen LogP contribution in [-0.2, 0) is 22.7 Å². The van der Waals surface area contributed by atoms with Crippen LogP contribution in [0.4, 0.5) is 34.1 Å². The summed E-state index contributed by atoms with van der Waals surface area (Å²) in [6.45, 7) is 25.4. The van der Waals surface area contributed by atoms with E-state index in [9.17, 15) is 40.9 Å². The zero-order valence-electron chi connectivity index (χ0n) is 46.7. The van der Waals surface area contributed by atoms with E-state index in [0.29, 0.717) is 5.69 Å². The highest BCUT2D eigenvalue weighted by Crippen LogP contribution is 2.55. The van der Waals surface area contributed by atoms with Crippen molar-refractivity contribution in [3.63, 3.8) is 0 Å². The summed E-state index contributed by atoms with van der Waals surface area (Å²) in [6.07, 6.45) is 2.53. The summed E-state index contributed by atoms with van der Waals surface area (Å²) in [5, 5.41) is 91.5. The average molecular weight is 1080 g/mol. The zero-order chi connectivity index (χ0) is 57.7. The van der Waals surface area contributed by atoms with Gasteiger partial charge in [-0.1, -0.05) is 130 Å². The van der Waals surface area contributed by atoms with Gasteiger partial charge in [0, 0.05) is 50.8 Å². The Morgan fingerprint density at radius 1 is 0.469 bits per heavy atom. The van der Waals surface area contributed by atoms with Gasteiger partial charge in [0.1, 0.15) is 22.4 Å². The molecule has 0 radical (unpaired) electrons. The van der Waals surface area contributed by atoms with Crippen LogP contribution in [0.3, 0.4) is 0 Å². The van der Waals surface area contributed by atoms with Crippen molar-refractivity contribution in [2.24, 2.45) is 0 Å². The smallest absolute Gasteiger partial charge is 0.252 e. The van der Waals surface area contributed by atoms with E-state index in [1.165, 1.54) is 5.56 Å². The lowest BCUT2D eigenvalue weighted by Crippen LogP contribution is -2.61. The Labute approximate surface area is 467 Å². The molecule has 2 aliphatic rings. The molecule has 0 atom stereocenters. The number of benzene rings is 8. The summed E-state index contributed by atoms with van der Waals surface area (Å²) in [7, 11) is 0. The Hall–Kier alpha value is -9.50. The quantitative estimate of drug-likeness (QED) is 0.0337. The van der Waals surface area contributed by atoms with E-state index < -0.39 is 74.9 Å². The van der Waals surface area contributed by atoms with Crippen LogP contribution in [0.2, 0.25) is 0 Å². The second-order valence-electron chi connectivity index (χ2n) is 24.3. The van der Waals surface area contributed by atoms with Gasteiger partial charge in [-0.3, -0.25) is 13.7 Å². The van der Waals surface area contributed by atoms with Crippen LogP contribution in [0.15, 0.2) is 135 Å². The molecule has 2 aromatic heterocycles. The fraction of sp³-hybridized carbons (Fsp3) is 0.212. The van der Waals surface area contributed by atoms with Crippen molar-refractivity contribution in [1.29, 1.82) is 0 Å². The number of phenols is 8. The Balaban J connectivity index is 1.20. The molecule has 0 fully saturated rings. The number of nitrogens with zero attached hydrogens (tertiary/aromatic N) is 3. The third-order valence-corrected chi connectivity index (χ3v) is 16.2. The third-order valence-electron chi connectivity index (χ3n) is 16.2. The van der Waals surface area contributed by atoms with Gasteiger partial charge >= 0.3 is 0 Å². The lowest BCUT2D eigenvalue weighted by molar-refractivity contribution is 0.0869. The predicted octanol–water partition coefficient (Wildman–Crippen LogP) is 14.3. The number of rotatable bonds is 6. The lowest BCUT2D eigenvalue weighted by atomic mass is 9.33. The molecule has 4 heterocycles. The molecule has 15 heteroatoms. The molecule has 81 heavy (non-hydrogen) atoms. The molecular weight excluding hydrogens is 1020 g/mol.